The third kappa shape index (κ3) is 5.84. The Bertz CT molecular complexity index is 1490. The number of esters is 1. The van der Waals surface area contributed by atoms with Crippen LogP contribution in [-0.4, -0.2) is 36.7 Å². The molecule has 0 amide bonds. The third-order valence-corrected chi connectivity index (χ3v) is 7.56. The van der Waals surface area contributed by atoms with Gasteiger partial charge in [0.05, 0.1) is 17.7 Å². The molecule has 14 heteroatoms. The Morgan fingerprint density at radius 1 is 1.24 bits per heavy atom. The topological polar surface area (TPSA) is 153 Å². The van der Waals surface area contributed by atoms with E-state index in [4.69, 9.17) is 25.5 Å². The molecule has 0 spiro atoms. The van der Waals surface area contributed by atoms with E-state index >= 15 is 0 Å². The monoisotopic (exact) mass is 556 g/mol. The third-order valence-electron chi connectivity index (χ3n) is 5.89. The summed E-state index contributed by atoms with van der Waals surface area (Å²) in [6, 6.07) is 1.53. The van der Waals surface area contributed by atoms with E-state index in [1.807, 2.05) is 0 Å². The maximum atomic E-state index is 14.9. The van der Waals surface area contributed by atoms with E-state index in [1.165, 1.54) is 27.0 Å². The maximum Gasteiger partial charge on any atom is 0.434 e. The molecule has 0 saturated carbocycles. The number of ether oxygens (including phenoxy) is 2. The number of carbonyl (C=O) groups is 1. The Labute approximate surface area is 217 Å². The number of methoxy groups -OCH3 is 1. The van der Waals surface area contributed by atoms with Crippen molar-refractivity contribution in [1.82, 2.24) is 19.9 Å². The minimum Gasteiger partial charge on any atom is -0.493 e. The minimum absolute atomic E-state index is 0.00484. The number of sulfonamides is 1. The van der Waals surface area contributed by atoms with Gasteiger partial charge in [-0.3, -0.25) is 4.79 Å². The van der Waals surface area contributed by atoms with Crippen molar-refractivity contribution in [2.75, 3.05) is 7.11 Å². The van der Waals surface area contributed by atoms with Crippen LogP contribution in [0.1, 0.15) is 67.0 Å². The highest BCUT2D eigenvalue weighted by Crippen LogP contribution is 2.39. The van der Waals surface area contributed by atoms with Crippen LogP contribution in [0.25, 0.3) is 0 Å². The molecule has 1 unspecified atom stereocenters. The number of aromatic amines is 1. The molecule has 200 valence electrons. The maximum absolute atomic E-state index is 14.9. The van der Waals surface area contributed by atoms with Crippen molar-refractivity contribution >= 4 is 27.6 Å². The van der Waals surface area contributed by atoms with Gasteiger partial charge in [0.2, 0.25) is 10.9 Å². The van der Waals surface area contributed by atoms with Crippen LogP contribution in [-0.2, 0) is 19.6 Å². The van der Waals surface area contributed by atoms with Gasteiger partial charge in [0, 0.05) is 19.0 Å². The number of pyridine rings is 1. The fourth-order valence-corrected chi connectivity index (χ4v) is 5.70. The van der Waals surface area contributed by atoms with Gasteiger partial charge in [-0.1, -0.05) is 24.6 Å². The Morgan fingerprint density at radius 3 is 2.49 bits per heavy atom. The second-order valence-corrected chi connectivity index (χ2v) is 10.4. The van der Waals surface area contributed by atoms with Crippen LogP contribution in [0, 0.1) is 19.7 Å². The van der Waals surface area contributed by atoms with E-state index in [0.29, 0.717) is 5.56 Å². The molecule has 0 aliphatic rings. The van der Waals surface area contributed by atoms with E-state index in [9.17, 15) is 22.4 Å². The molecule has 2 N–H and O–H groups in total. The van der Waals surface area contributed by atoms with Crippen molar-refractivity contribution in [1.29, 1.82) is 0 Å². The van der Waals surface area contributed by atoms with Gasteiger partial charge in [0.15, 0.2) is 5.75 Å². The molecule has 0 saturated heterocycles. The summed E-state index contributed by atoms with van der Waals surface area (Å²) in [4.78, 5) is 27.1. The van der Waals surface area contributed by atoms with E-state index in [-0.39, 0.29) is 27.8 Å². The van der Waals surface area contributed by atoms with Gasteiger partial charge < -0.3 is 13.9 Å². The quantitative estimate of drug-likeness (QED) is 0.376. The van der Waals surface area contributed by atoms with Crippen LogP contribution in [0.2, 0.25) is 5.02 Å². The van der Waals surface area contributed by atoms with E-state index < -0.39 is 50.7 Å². The number of benzene rings is 1. The van der Waals surface area contributed by atoms with E-state index in [1.54, 1.807) is 26.8 Å². The second kappa shape index (κ2) is 11.0. The molecule has 0 bridgehead atoms. The molecule has 37 heavy (non-hydrogen) atoms. The zero-order valence-electron chi connectivity index (χ0n) is 20.9. The van der Waals surface area contributed by atoms with Gasteiger partial charge in [0.1, 0.15) is 18.0 Å². The van der Waals surface area contributed by atoms with Crippen molar-refractivity contribution < 1.29 is 31.5 Å². The number of hydrogen-bond donors (Lipinski definition) is 2. The summed E-state index contributed by atoms with van der Waals surface area (Å²) in [6.07, 6.45) is 0.103. The number of rotatable bonds is 9. The Hall–Kier alpha value is -3.29. The van der Waals surface area contributed by atoms with Crippen molar-refractivity contribution in [2.24, 2.45) is 0 Å². The molecular formula is C23H26ClFN4O7S. The number of carbonyl (C=O) groups excluding carboxylic acids is 1. The minimum atomic E-state index is -4.55. The number of aryl methyl sites for hydroxylation is 1. The van der Waals surface area contributed by atoms with Gasteiger partial charge in [0.25, 0.3) is 10.0 Å². The molecule has 3 atom stereocenters. The summed E-state index contributed by atoms with van der Waals surface area (Å²) < 4.78 is 60.2. The van der Waals surface area contributed by atoms with Crippen LogP contribution in [0.3, 0.4) is 0 Å². The highest BCUT2D eigenvalue weighted by molar-refractivity contribution is 7.89. The molecule has 1 aromatic carbocycles. The lowest BCUT2D eigenvalue weighted by atomic mass is 9.88. The Kier molecular flexibility index (Phi) is 8.40. The molecule has 0 radical (unpaired) electrons. The molecule has 3 rings (SSSR count). The number of aromatic nitrogens is 3. The van der Waals surface area contributed by atoms with Crippen molar-refractivity contribution in [3.63, 3.8) is 0 Å². The average Bonchev–Trinajstić information content (AvgIpc) is 3.24. The first-order valence-electron chi connectivity index (χ1n) is 11.0. The summed E-state index contributed by atoms with van der Waals surface area (Å²) >= 11 is 6.24. The summed E-state index contributed by atoms with van der Waals surface area (Å²) in [7, 11) is -3.35. The summed E-state index contributed by atoms with van der Waals surface area (Å²) in [6.45, 7) is 7.72. The largest absolute Gasteiger partial charge is 0.493 e. The highest BCUT2D eigenvalue weighted by atomic mass is 35.5. The number of hydrogen-bond acceptors (Lipinski definition) is 9. The molecule has 2 aromatic heterocycles. The predicted molar refractivity (Wildman–Crippen MR) is 130 cm³/mol. The molecule has 3 aromatic rings. The summed E-state index contributed by atoms with van der Waals surface area (Å²) in [5.74, 6) is -3.59. The lowest BCUT2D eigenvalue weighted by Crippen LogP contribution is -2.34. The normalized spacial score (nSPS) is 14.2. The summed E-state index contributed by atoms with van der Waals surface area (Å²) in [5, 5.41) is 5.29. The number of nitrogens with zero attached hydrogens (tertiary/aromatic N) is 2. The first-order chi connectivity index (χ1) is 17.3. The number of H-pyrrole nitrogens is 1. The van der Waals surface area contributed by atoms with Crippen molar-refractivity contribution in [2.45, 2.75) is 57.7 Å². The first-order valence-corrected chi connectivity index (χ1v) is 12.9. The zero-order valence-corrected chi connectivity index (χ0v) is 22.5. The van der Waals surface area contributed by atoms with Crippen LogP contribution in [0.4, 0.5) is 4.39 Å². The molecular weight excluding hydrogens is 531 g/mol. The average molecular weight is 557 g/mol. The fraction of sp³-hybridized carbons (Fsp3) is 0.391. The fourth-order valence-electron chi connectivity index (χ4n) is 4.04. The van der Waals surface area contributed by atoms with Crippen molar-refractivity contribution in [3.8, 4) is 5.75 Å². The summed E-state index contributed by atoms with van der Waals surface area (Å²) in [5.41, 5.74) is 1.65. The molecule has 0 fully saturated rings. The van der Waals surface area contributed by atoms with Crippen LogP contribution in [0.15, 0.2) is 32.6 Å². The smallest absolute Gasteiger partial charge is 0.434 e. The Balaban J connectivity index is 2.15. The standard InChI is InChI=1S/C23H26ClFN4O7S/c1-10-7-8-16(25)17(11(10)2)12(3)19(21-27-28-23(31)36-21)29-37(32,33)22-20(34-6)18(15(24)9-26-22)13(4)35-14(5)30/h7-9,12-13,19,29H,1-6H3,(H,28,31)/t12-,13?,19+/m1/s1. The van der Waals surface area contributed by atoms with Crippen molar-refractivity contribution in [3.05, 3.63) is 67.9 Å². The Morgan fingerprint density at radius 2 is 1.92 bits per heavy atom. The molecule has 0 aliphatic heterocycles. The lowest BCUT2D eigenvalue weighted by molar-refractivity contribution is -0.145. The van der Waals surface area contributed by atoms with Crippen LogP contribution >= 0.6 is 11.6 Å². The van der Waals surface area contributed by atoms with Gasteiger partial charge in [-0.25, -0.2) is 27.7 Å². The molecule has 2 heterocycles. The second-order valence-electron chi connectivity index (χ2n) is 8.35. The van der Waals surface area contributed by atoms with Gasteiger partial charge >= 0.3 is 11.7 Å². The van der Waals surface area contributed by atoms with Crippen LogP contribution in [0.5, 0.6) is 5.75 Å². The number of halogens is 2. The lowest BCUT2D eigenvalue weighted by Gasteiger charge is -2.25. The van der Waals surface area contributed by atoms with E-state index in [2.05, 4.69) is 19.9 Å². The van der Waals surface area contributed by atoms with E-state index in [0.717, 1.165) is 11.8 Å². The van der Waals surface area contributed by atoms with Gasteiger partial charge in [-0.2, -0.15) is 4.72 Å². The SMILES string of the molecule is COc1c(S(=O)(=O)N[C@H](c2n[nH]c(=O)o2)[C@H](C)c2c(F)ccc(C)c2C)ncc(Cl)c1C(C)OC(C)=O. The van der Waals surface area contributed by atoms with Crippen LogP contribution < -0.4 is 15.2 Å². The number of nitrogens with one attached hydrogen (secondary N) is 2. The zero-order chi connectivity index (χ0) is 27.7. The first kappa shape index (κ1) is 28.3. The molecule has 11 nitrogen and oxygen atoms in total. The predicted octanol–water partition coefficient (Wildman–Crippen LogP) is 3.62. The van der Waals surface area contributed by atoms with Gasteiger partial charge in [-0.05, 0) is 43.5 Å². The van der Waals surface area contributed by atoms with Gasteiger partial charge in [-0.15, -0.1) is 5.10 Å². The highest BCUT2D eigenvalue weighted by Gasteiger charge is 2.36. The molecule has 0 aliphatic carbocycles.